The van der Waals surface area contributed by atoms with E-state index >= 15 is 0 Å². The van der Waals surface area contributed by atoms with Crippen molar-refractivity contribution in [2.45, 2.75) is 6.10 Å². The van der Waals surface area contributed by atoms with Gasteiger partial charge in [0.1, 0.15) is 5.82 Å². The van der Waals surface area contributed by atoms with Crippen LogP contribution in [0, 0.1) is 5.82 Å². The number of nitrogens with zero attached hydrogens (tertiary/aromatic N) is 2. The first-order chi connectivity index (χ1) is 9.54. The number of hydrogen-bond donors (Lipinski definition) is 1. The number of carbonyl (C=O) groups excluding carboxylic acids is 1. The first-order valence-electron chi connectivity index (χ1n) is 6.62. The van der Waals surface area contributed by atoms with Gasteiger partial charge in [-0.15, -0.1) is 0 Å². The van der Waals surface area contributed by atoms with Crippen molar-refractivity contribution in [1.82, 2.24) is 9.80 Å². The molecule has 5 nitrogen and oxygen atoms in total. The summed E-state index contributed by atoms with van der Waals surface area (Å²) in [5.41, 5.74) is 0.590. The van der Waals surface area contributed by atoms with E-state index in [0.717, 1.165) is 6.54 Å². The Hall–Kier alpha value is -1.66. The molecule has 0 aromatic heterocycles. The van der Waals surface area contributed by atoms with E-state index < -0.39 is 0 Å². The Labute approximate surface area is 118 Å². The lowest BCUT2D eigenvalue weighted by molar-refractivity contribution is -0.0228. The summed E-state index contributed by atoms with van der Waals surface area (Å²) in [6.07, 6.45) is 0.0257. The highest BCUT2D eigenvalue weighted by Crippen LogP contribution is 2.12. The minimum atomic E-state index is -0.319. The number of benzene rings is 1. The second kappa shape index (κ2) is 6.67. The number of nitrogens with one attached hydrogen (secondary N) is 1. The molecule has 1 aliphatic rings. The van der Waals surface area contributed by atoms with Crippen molar-refractivity contribution >= 4 is 11.7 Å². The van der Waals surface area contributed by atoms with Gasteiger partial charge in [-0.1, -0.05) is 0 Å². The third kappa shape index (κ3) is 4.18. The number of amides is 2. The van der Waals surface area contributed by atoms with Gasteiger partial charge >= 0.3 is 6.03 Å². The minimum absolute atomic E-state index is 0.0257. The molecule has 0 aliphatic carbocycles. The molecule has 20 heavy (non-hydrogen) atoms. The summed E-state index contributed by atoms with van der Waals surface area (Å²) >= 11 is 0. The molecule has 6 heteroatoms. The predicted octanol–water partition coefficient (Wildman–Crippen LogP) is 1.62. The molecular formula is C14H20FN3O2. The lowest BCUT2D eigenvalue weighted by atomic mass is 10.2. The van der Waals surface area contributed by atoms with Gasteiger partial charge < -0.3 is 19.9 Å². The standard InChI is InChI=1S/C14H20FN3O2/c1-17(2)9-13-10-18(7-8-20-13)14(19)16-12-5-3-11(15)4-6-12/h3-6,13H,7-10H2,1-2H3,(H,16,19). The molecule has 0 radical (unpaired) electrons. The number of morpholine rings is 1. The first kappa shape index (κ1) is 14.7. The van der Waals surface area contributed by atoms with Gasteiger partial charge in [-0.3, -0.25) is 0 Å². The van der Waals surface area contributed by atoms with E-state index in [2.05, 4.69) is 5.32 Å². The smallest absolute Gasteiger partial charge is 0.322 e. The van der Waals surface area contributed by atoms with Gasteiger partial charge in [0.2, 0.25) is 0 Å². The number of anilines is 1. The van der Waals surface area contributed by atoms with Gasteiger partial charge in [0.15, 0.2) is 0 Å². The highest BCUT2D eigenvalue weighted by molar-refractivity contribution is 5.89. The summed E-state index contributed by atoms with van der Waals surface area (Å²) < 4.78 is 18.4. The van der Waals surface area contributed by atoms with Gasteiger partial charge in [0.25, 0.3) is 0 Å². The maximum atomic E-state index is 12.8. The van der Waals surface area contributed by atoms with Crippen LogP contribution in [0.3, 0.4) is 0 Å². The van der Waals surface area contributed by atoms with Gasteiger partial charge in [0.05, 0.1) is 12.7 Å². The molecule has 0 spiro atoms. The predicted molar refractivity (Wildman–Crippen MR) is 75.3 cm³/mol. The van der Waals surface area contributed by atoms with Crippen LogP contribution in [0.15, 0.2) is 24.3 Å². The number of rotatable bonds is 3. The van der Waals surface area contributed by atoms with Crippen molar-refractivity contribution in [2.24, 2.45) is 0 Å². The summed E-state index contributed by atoms with van der Waals surface area (Å²) in [5.74, 6) is -0.319. The molecule has 1 aromatic carbocycles. The fourth-order valence-corrected chi connectivity index (χ4v) is 2.16. The lowest BCUT2D eigenvalue weighted by Gasteiger charge is -2.34. The maximum absolute atomic E-state index is 12.8. The molecule has 1 aromatic rings. The Bertz CT molecular complexity index is 450. The number of carbonyl (C=O) groups is 1. The van der Waals surface area contributed by atoms with Gasteiger partial charge in [0, 0.05) is 25.3 Å². The zero-order chi connectivity index (χ0) is 14.5. The van der Waals surface area contributed by atoms with Crippen molar-refractivity contribution in [2.75, 3.05) is 45.7 Å². The van der Waals surface area contributed by atoms with E-state index in [-0.39, 0.29) is 18.0 Å². The average molecular weight is 281 g/mol. The molecular weight excluding hydrogens is 261 g/mol. The highest BCUT2D eigenvalue weighted by atomic mass is 19.1. The van der Waals surface area contributed by atoms with Crippen molar-refractivity contribution in [3.05, 3.63) is 30.1 Å². The molecule has 110 valence electrons. The zero-order valence-corrected chi connectivity index (χ0v) is 11.8. The van der Waals surface area contributed by atoms with E-state index in [1.807, 2.05) is 19.0 Å². The van der Waals surface area contributed by atoms with Crippen LogP contribution in [0.25, 0.3) is 0 Å². The van der Waals surface area contributed by atoms with Crippen molar-refractivity contribution in [3.63, 3.8) is 0 Å². The highest BCUT2D eigenvalue weighted by Gasteiger charge is 2.24. The Morgan fingerprint density at radius 3 is 2.80 bits per heavy atom. The molecule has 1 N–H and O–H groups in total. The molecule has 1 saturated heterocycles. The molecule has 2 rings (SSSR count). The molecule has 1 heterocycles. The van der Waals surface area contributed by atoms with E-state index in [1.165, 1.54) is 12.1 Å². The van der Waals surface area contributed by atoms with Crippen molar-refractivity contribution in [1.29, 1.82) is 0 Å². The van der Waals surface area contributed by atoms with Crippen LogP contribution in [0.1, 0.15) is 0 Å². The summed E-state index contributed by atoms with van der Waals surface area (Å²) in [7, 11) is 3.95. The molecule has 1 aliphatic heterocycles. The number of likely N-dealkylation sites (N-methyl/N-ethyl adjacent to an activating group) is 1. The van der Waals surface area contributed by atoms with Crippen molar-refractivity contribution in [3.8, 4) is 0 Å². The van der Waals surface area contributed by atoms with E-state index in [4.69, 9.17) is 4.74 Å². The van der Waals surface area contributed by atoms with Gasteiger partial charge in [-0.25, -0.2) is 9.18 Å². The lowest BCUT2D eigenvalue weighted by Crippen LogP contribution is -2.50. The quantitative estimate of drug-likeness (QED) is 0.915. The zero-order valence-electron chi connectivity index (χ0n) is 11.8. The Balaban J connectivity index is 1.90. The molecule has 0 saturated carbocycles. The summed E-state index contributed by atoms with van der Waals surface area (Å²) in [6.45, 7) is 2.44. The van der Waals surface area contributed by atoms with E-state index in [0.29, 0.717) is 25.4 Å². The van der Waals surface area contributed by atoms with E-state index in [9.17, 15) is 9.18 Å². The number of halogens is 1. The number of hydrogen-bond acceptors (Lipinski definition) is 3. The summed E-state index contributed by atoms with van der Waals surface area (Å²) in [6, 6.07) is 5.56. The first-order valence-corrected chi connectivity index (χ1v) is 6.62. The van der Waals surface area contributed by atoms with Crippen LogP contribution < -0.4 is 5.32 Å². The molecule has 1 fully saturated rings. The SMILES string of the molecule is CN(C)CC1CN(C(=O)Nc2ccc(F)cc2)CCO1. The minimum Gasteiger partial charge on any atom is -0.373 e. The molecule has 2 amide bonds. The van der Waals surface area contributed by atoms with Crippen LogP contribution in [-0.4, -0.2) is 62.3 Å². The average Bonchev–Trinajstić information content (AvgIpc) is 2.41. The van der Waals surface area contributed by atoms with Gasteiger partial charge in [-0.05, 0) is 38.4 Å². The van der Waals surface area contributed by atoms with Crippen molar-refractivity contribution < 1.29 is 13.9 Å². The van der Waals surface area contributed by atoms with Crippen LogP contribution >= 0.6 is 0 Å². The molecule has 1 atom stereocenters. The van der Waals surface area contributed by atoms with Crippen LogP contribution in [0.2, 0.25) is 0 Å². The Morgan fingerprint density at radius 2 is 2.15 bits per heavy atom. The van der Waals surface area contributed by atoms with Crippen LogP contribution in [0.4, 0.5) is 14.9 Å². The Kier molecular flexibility index (Phi) is 4.92. The molecule has 1 unspecified atom stereocenters. The van der Waals surface area contributed by atoms with E-state index in [1.54, 1.807) is 17.0 Å². The molecule has 0 bridgehead atoms. The third-order valence-corrected chi connectivity index (χ3v) is 3.09. The number of ether oxygens (including phenoxy) is 1. The second-order valence-corrected chi connectivity index (χ2v) is 5.14. The number of urea groups is 1. The van der Waals surface area contributed by atoms with Crippen LogP contribution in [-0.2, 0) is 4.74 Å². The second-order valence-electron chi connectivity index (χ2n) is 5.14. The van der Waals surface area contributed by atoms with Crippen LogP contribution in [0.5, 0.6) is 0 Å². The summed E-state index contributed by atoms with van der Waals surface area (Å²) in [4.78, 5) is 15.9. The topological polar surface area (TPSA) is 44.8 Å². The van der Waals surface area contributed by atoms with Gasteiger partial charge in [-0.2, -0.15) is 0 Å². The largest absolute Gasteiger partial charge is 0.373 e. The fourth-order valence-electron chi connectivity index (χ4n) is 2.16. The summed E-state index contributed by atoms with van der Waals surface area (Å²) in [5, 5.41) is 2.76. The fraction of sp³-hybridized carbons (Fsp3) is 0.500. The maximum Gasteiger partial charge on any atom is 0.322 e. The normalized spacial score (nSPS) is 19.2. The Morgan fingerprint density at radius 1 is 1.45 bits per heavy atom. The monoisotopic (exact) mass is 281 g/mol. The third-order valence-electron chi connectivity index (χ3n) is 3.09.